The first-order chi connectivity index (χ1) is 6.24. The summed E-state index contributed by atoms with van der Waals surface area (Å²) < 4.78 is 0. The number of hydrogen-bond donors (Lipinski definition) is 2. The van der Waals surface area contributed by atoms with E-state index in [1.807, 2.05) is 24.3 Å². The Hall–Kier alpha value is -0.570. The van der Waals surface area contributed by atoms with E-state index >= 15 is 0 Å². The molecular formula is C10H15ClN2. The fourth-order valence-corrected chi connectivity index (χ4v) is 1.44. The minimum absolute atomic E-state index is 0.0576. The van der Waals surface area contributed by atoms with Crippen LogP contribution in [-0.2, 0) is 0 Å². The van der Waals surface area contributed by atoms with E-state index in [9.17, 15) is 0 Å². The normalized spacial score (nSPS) is 12.8. The summed E-state index contributed by atoms with van der Waals surface area (Å²) >= 11 is 5.84. The third-order valence-corrected chi connectivity index (χ3v) is 2.23. The summed E-state index contributed by atoms with van der Waals surface area (Å²) in [6.45, 7) is 0.689. The molecule has 0 aliphatic carbocycles. The average Bonchev–Trinajstić information content (AvgIpc) is 2.14. The first-order valence-electron chi connectivity index (χ1n) is 4.45. The maximum atomic E-state index is 5.94. The van der Waals surface area contributed by atoms with Crippen LogP contribution in [0.2, 0.25) is 5.02 Å². The summed E-state index contributed by atoms with van der Waals surface area (Å²) in [5, 5.41) is 0.737. The van der Waals surface area contributed by atoms with Gasteiger partial charge in [0.05, 0.1) is 0 Å². The zero-order valence-electron chi connectivity index (χ0n) is 7.54. The smallest absolute Gasteiger partial charge is 0.0409 e. The van der Waals surface area contributed by atoms with Gasteiger partial charge in [0.2, 0.25) is 0 Å². The van der Waals surface area contributed by atoms with Crippen LogP contribution in [0.1, 0.15) is 24.4 Å². The van der Waals surface area contributed by atoms with E-state index in [-0.39, 0.29) is 6.04 Å². The number of nitrogens with two attached hydrogens (primary N) is 2. The molecule has 1 atom stereocenters. The first kappa shape index (κ1) is 10.5. The van der Waals surface area contributed by atoms with Gasteiger partial charge in [0.15, 0.2) is 0 Å². The van der Waals surface area contributed by atoms with Crippen molar-refractivity contribution in [1.82, 2.24) is 0 Å². The lowest BCUT2D eigenvalue weighted by Gasteiger charge is -2.11. The zero-order chi connectivity index (χ0) is 9.68. The maximum Gasteiger partial charge on any atom is 0.0409 e. The largest absolute Gasteiger partial charge is 0.330 e. The molecule has 4 N–H and O–H groups in total. The Bertz CT molecular complexity index is 263. The van der Waals surface area contributed by atoms with Crippen molar-refractivity contribution >= 4 is 11.6 Å². The Labute approximate surface area is 83.9 Å². The van der Waals surface area contributed by atoms with Crippen LogP contribution in [0.15, 0.2) is 24.3 Å². The van der Waals surface area contributed by atoms with Gasteiger partial charge in [-0.1, -0.05) is 23.7 Å². The van der Waals surface area contributed by atoms with Gasteiger partial charge >= 0.3 is 0 Å². The lowest BCUT2D eigenvalue weighted by atomic mass is 10.0. The zero-order valence-corrected chi connectivity index (χ0v) is 8.30. The summed E-state index contributed by atoms with van der Waals surface area (Å²) in [6.07, 6.45) is 1.87. The number of benzene rings is 1. The molecule has 0 heterocycles. The van der Waals surface area contributed by atoms with Crippen LogP contribution in [0.25, 0.3) is 0 Å². The summed E-state index contributed by atoms with van der Waals surface area (Å²) in [5.74, 6) is 0. The molecule has 0 radical (unpaired) electrons. The second-order valence-electron chi connectivity index (χ2n) is 3.09. The lowest BCUT2D eigenvalue weighted by molar-refractivity contribution is 0.618. The molecule has 0 aliphatic rings. The Morgan fingerprint density at radius 3 is 2.77 bits per heavy atom. The SMILES string of the molecule is NCCC[C@H](N)c1cccc(Cl)c1. The van der Waals surface area contributed by atoms with Crippen LogP contribution in [0, 0.1) is 0 Å². The Morgan fingerprint density at radius 1 is 1.38 bits per heavy atom. The van der Waals surface area contributed by atoms with E-state index in [4.69, 9.17) is 23.1 Å². The van der Waals surface area contributed by atoms with E-state index in [0.29, 0.717) is 6.54 Å². The molecular weight excluding hydrogens is 184 g/mol. The molecule has 3 heteroatoms. The quantitative estimate of drug-likeness (QED) is 0.779. The molecule has 1 aromatic carbocycles. The Morgan fingerprint density at radius 2 is 2.15 bits per heavy atom. The van der Waals surface area contributed by atoms with Crippen molar-refractivity contribution in [2.24, 2.45) is 11.5 Å². The van der Waals surface area contributed by atoms with Gasteiger partial charge < -0.3 is 11.5 Å². The van der Waals surface area contributed by atoms with Crippen molar-refractivity contribution in [2.75, 3.05) is 6.54 Å². The lowest BCUT2D eigenvalue weighted by Crippen LogP contribution is -2.12. The second kappa shape index (κ2) is 5.22. The topological polar surface area (TPSA) is 52.0 Å². The molecule has 2 nitrogen and oxygen atoms in total. The molecule has 0 amide bonds. The fraction of sp³-hybridized carbons (Fsp3) is 0.400. The number of rotatable bonds is 4. The molecule has 0 aliphatic heterocycles. The molecule has 0 fully saturated rings. The summed E-state index contributed by atoms with van der Waals surface area (Å²) in [7, 11) is 0. The van der Waals surface area contributed by atoms with Crippen LogP contribution in [-0.4, -0.2) is 6.54 Å². The predicted octanol–water partition coefficient (Wildman–Crippen LogP) is 2.08. The molecule has 1 rings (SSSR count). The Balaban J connectivity index is 2.60. The fourth-order valence-electron chi connectivity index (χ4n) is 1.24. The van der Waals surface area contributed by atoms with E-state index in [0.717, 1.165) is 23.4 Å². The van der Waals surface area contributed by atoms with E-state index in [2.05, 4.69) is 0 Å². The minimum atomic E-state index is 0.0576. The van der Waals surface area contributed by atoms with Crippen LogP contribution < -0.4 is 11.5 Å². The first-order valence-corrected chi connectivity index (χ1v) is 4.83. The van der Waals surface area contributed by atoms with Gasteiger partial charge in [-0.2, -0.15) is 0 Å². The molecule has 13 heavy (non-hydrogen) atoms. The van der Waals surface area contributed by atoms with Gasteiger partial charge in [-0.15, -0.1) is 0 Å². The van der Waals surface area contributed by atoms with E-state index < -0.39 is 0 Å². The van der Waals surface area contributed by atoms with Crippen molar-refractivity contribution in [3.8, 4) is 0 Å². The molecule has 0 saturated heterocycles. The van der Waals surface area contributed by atoms with Gasteiger partial charge in [-0.25, -0.2) is 0 Å². The van der Waals surface area contributed by atoms with Crippen molar-refractivity contribution in [3.05, 3.63) is 34.9 Å². The second-order valence-corrected chi connectivity index (χ2v) is 3.53. The van der Waals surface area contributed by atoms with Gasteiger partial charge in [0.25, 0.3) is 0 Å². The van der Waals surface area contributed by atoms with Crippen LogP contribution >= 0.6 is 11.6 Å². The molecule has 0 aromatic heterocycles. The maximum absolute atomic E-state index is 5.94. The number of hydrogen-bond acceptors (Lipinski definition) is 2. The highest BCUT2D eigenvalue weighted by Crippen LogP contribution is 2.18. The van der Waals surface area contributed by atoms with Crippen molar-refractivity contribution in [3.63, 3.8) is 0 Å². The van der Waals surface area contributed by atoms with Crippen LogP contribution in [0.4, 0.5) is 0 Å². The Kier molecular flexibility index (Phi) is 4.22. The van der Waals surface area contributed by atoms with E-state index in [1.165, 1.54) is 0 Å². The van der Waals surface area contributed by atoms with Gasteiger partial charge in [-0.3, -0.25) is 0 Å². The monoisotopic (exact) mass is 198 g/mol. The van der Waals surface area contributed by atoms with Crippen LogP contribution in [0.5, 0.6) is 0 Å². The number of halogens is 1. The third-order valence-electron chi connectivity index (χ3n) is 2.00. The summed E-state index contributed by atoms with van der Waals surface area (Å²) in [6, 6.07) is 7.72. The van der Waals surface area contributed by atoms with Gasteiger partial charge in [0.1, 0.15) is 0 Å². The highest BCUT2D eigenvalue weighted by atomic mass is 35.5. The van der Waals surface area contributed by atoms with Crippen molar-refractivity contribution in [2.45, 2.75) is 18.9 Å². The van der Waals surface area contributed by atoms with Gasteiger partial charge in [-0.05, 0) is 37.1 Å². The standard InChI is InChI=1S/C10H15ClN2/c11-9-4-1-3-8(7-9)10(13)5-2-6-12/h1,3-4,7,10H,2,5-6,12-13H2/t10-/m0/s1. The summed E-state index contributed by atoms with van der Waals surface area (Å²) in [5.41, 5.74) is 12.4. The van der Waals surface area contributed by atoms with Crippen LogP contribution in [0.3, 0.4) is 0 Å². The predicted molar refractivity (Wildman–Crippen MR) is 56.7 cm³/mol. The van der Waals surface area contributed by atoms with E-state index in [1.54, 1.807) is 0 Å². The molecule has 0 bridgehead atoms. The van der Waals surface area contributed by atoms with Crippen molar-refractivity contribution in [1.29, 1.82) is 0 Å². The molecule has 72 valence electrons. The average molecular weight is 199 g/mol. The summed E-state index contributed by atoms with van der Waals surface area (Å²) in [4.78, 5) is 0. The third kappa shape index (κ3) is 3.35. The molecule has 1 aromatic rings. The molecule has 0 spiro atoms. The van der Waals surface area contributed by atoms with Crippen molar-refractivity contribution < 1.29 is 0 Å². The minimum Gasteiger partial charge on any atom is -0.330 e. The van der Waals surface area contributed by atoms with Gasteiger partial charge in [0, 0.05) is 11.1 Å². The molecule has 0 unspecified atom stereocenters. The highest BCUT2D eigenvalue weighted by molar-refractivity contribution is 6.30. The highest BCUT2D eigenvalue weighted by Gasteiger charge is 2.04. The molecule has 0 saturated carbocycles.